The molecule has 132 valence electrons. The molecular formula is C21H25ClN2O. The zero-order valence-corrected chi connectivity index (χ0v) is 15.4. The molecule has 1 amide bonds. The first-order valence-corrected chi connectivity index (χ1v) is 9.36. The Morgan fingerprint density at radius 2 is 1.96 bits per heavy atom. The first-order chi connectivity index (χ1) is 12.2. The van der Waals surface area contributed by atoms with Gasteiger partial charge in [0, 0.05) is 30.7 Å². The van der Waals surface area contributed by atoms with Gasteiger partial charge in [-0.25, -0.2) is 0 Å². The highest BCUT2D eigenvalue weighted by Crippen LogP contribution is 2.34. The maximum atomic E-state index is 12.3. The normalized spacial score (nSPS) is 21.0. The van der Waals surface area contributed by atoms with Gasteiger partial charge in [0.2, 0.25) is 5.91 Å². The van der Waals surface area contributed by atoms with Gasteiger partial charge in [-0.05, 0) is 43.0 Å². The van der Waals surface area contributed by atoms with Gasteiger partial charge in [-0.1, -0.05) is 54.1 Å². The fourth-order valence-corrected chi connectivity index (χ4v) is 3.89. The maximum absolute atomic E-state index is 12.3. The standard InChI is InChI=1S/C21H25ClN2O/c1-2-23-21(25)18-11-12-20(17-8-4-3-5-9-17)24(15-18)14-16-7-6-10-19(22)13-16/h3-10,13,18,20H,2,11-12,14-15H2,1H3,(H,23,25)/t18-,20+/m1/s1. The summed E-state index contributed by atoms with van der Waals surface area (Å²) in [6.45, 7) is 4.23. The van der Waals surface area contributed by atoms with E-state index in [9.17, 15) is 4.79 Å². The fourth-order valence-electron chi connectivity index (χ4n) is 3.67. The Kier molecular flexibility index (Phi) is 6.11. The van der Waals surface area contributed by atoms with Crippen molar-refractivity contribution in [2.24, 2.45) is 5.92 Å². The minimum Gasteiger partial charge on any atom is -0.356 e. The van der Waals surface area contributed by atoms with Gasteiger partial charge in [0.1, 0.15) is 0 Å². The fraction of sp³-hybridized carbons (Fsp3) is 0.381. The molecule has 25 heavy (non-hydrogen) atoms. The SMILES string of the molecule is CCNC(=O)[C@@H]1CC[C@@H](c2ccccc2)N(Cc2cccc(Cl)c2)C1. The zero-order chi connectivity index (χ0) is 17.6. The number of nitrogens with zero attached hydrogens (tertiary/aromatic N) is 1. The lowest BCUT2D eigenvalue weighted by Gasteiger charge is -2.39. The minimum atomic E-state index is 0.0547. The molecule has 1 aliphatic rings. The number of likely N-dealkylation sites (tertiary alicyclic amines) is 1. The summed E-state index contributed by atoms with van der Waals surface area (Å²) in [6.07, 6.45) is 1.92. The van der Waals surface area contributed by atoms with E-state index in [1.54, 1.807) is 0 Å². The highest BCUT2D eigenvalue weighted by molar-refractivity contribution is 6.30. The van der Waals surface area contributed by atoms with Crippen LogP contribution in [0.5, 0.6) is 0 Å². The smallest absolute Gasteiger partial charge is 0.224 e. The molecule has 1 fully saturated rings. The number of benzene rings is 2. The van der Waals surface area contributed by atoms with Crippen LogP contribution in [-0.2, 0) is 11.3 Å². The van der Waals surface area contributed by atoms with Crippen LogP contribution in [-0.4, -0.2) is 23.9 Å². The third kappa shape index (κ3) is 4.62. The van der Waals surface area contributed by atoms with Crippen LogP contribution in [0.25, 0.3) is 0 Å². The second kappa shape index (κ2) is 8.50. The Labute approximate surface area is 155 Å². The van der Waals surface area contributed by atoms with Crippen LogP contribution in [0, 0.1) is 5.92 Å². The van der Waals surface area contributed by atoms with Gasteiger partial charge in [-0.2, -0.15) is 0 Å². The van der Waals surface area contributed by atoms with Gasteiger partial charge in [0.25, 0.3) is 0 Å². The van der Waals surface area contributed by atoms with Crippen LogP contribution >= 0.6 is 11.6 Å². The van der Waals surface area contributed by atoms with E-state index in [0.717, 1.165) is 31.0 Å². The number of nitrogens with one attached hydrogen (secondary N) is 1. The van der Waals surface area contributed by atoms with Crippen LogP contribution in [0.4, 0.5) is 0 Å². The van der Waals surface area contributed by atoms with Crippen molar-refractivity contribution in [1.82, 2.24) is 10.2 Å². The molecule has 2 aromatic rings. The first-order valence-electron chi connectivity index (χ1n) is 8.98. The van der Waals surface area contributed by atoms with Gasteiger partial charge in [-0.3, -0.25) is 9.69 Å². The molecule has 3 rings (SSSR count). The van der Waals surface area contributed by atoms with Crippen molar-refractivity contribution in [3.8, 4) is 0 Å². The van der Waals surface area contributed by atoms with Gasteiger partial charge < -0.3 is 5.32 Å². The number of piperidine rings is 1. The molecule has 3 nitrogen and oxygen atoms in total. The lowest BCUT2D eigenvalue weighted by Crippen LogP contribution is -2.44. The van der Waals surface area contributed by atoms with E-state index in [4.69, 9.17) is 11.6 Å². The third-order valence-corrected chi connectivity index (χ3v) is 5.10. The molecule has 0 bridgehead atoms. The van der Waals surface area contributed by atoms with E-state index in [2.05, 4.69) is 40.5 Å². The Bertz CT molecular complexity index is 704. The predicted molar refractivity (Wildman–Crippen MR) is 102 cm³/mol. The molecule has 4 heteroatoms. The Hall–Kier alpha value is -1.84. The molecule has 0 unspecified atom stereocenters. The second-order valence-corrected chi connectivity index (χ2v) is 7.09. The summed E-state index contributed by atoms with van der Waals surface area (Å²) in [5.41, 5.74) is 2.50. The Balaban J connectivity index is 1.81. The summed E-state index contributed by atoms with van der Waals surface area (Å²) in [5, 5.41) is 3.73. The average molecular weight is 357 g/mol. The van der Waals surface area contributed by atoms with Crippen molar-refractivity contribution in [3.05, 3.63) is 70.7 Å². The highest BCUT2D eigenvalue weighted by atomic mass is 35.5. The van der Waals surface area contributed by atoms with Gasteiger partial charge >= 0.3 is 0 Å². The number of amides is 1. The molecule has 0 aliphatic carbocycles. The van der Waals surface area contributed by atoms with Crippen molar-refractivity contribution in [3.63, 3.8) is 0 Å². The monoisotopic (exact) mass is 356 g/mol. The van der Waals surface area contributed by atoms with E-state index < -0.39 is 0 Å². The number of hydrogen-bond acceptors (Lipinski definition) is 2. The molecule has 0 saturated carbocycles. The van der Waals surface area contributed by atoms with Crippen molar-refractivity contribution in [1.29, 1.82) is 0 Å². The van der Waals surface area contributed by atoms with E-state index >= 15 is 0 Å². The van der Waals surface area contributed by atoms with Crippen molar-refractivity contribution in [2.75, 3.05) is 13.1 Å². The predicted octanol–water partition coefficient (Wildman–Crippen LogP) is 4.43. The van der Waals surface area contributed by atoms with E-state index in [-0.39, 0.29) is 11.8 Å². The highest BCUT2D eigenvalue weighted by Gasteiger charge is 2.32. The quantitative estimate of drug-likeness (QED) is 0.859. The number of rotatable bonds is 5. The minimum absolute atomic E-state index is 0.0547. The third-order valence-electron chi connectivity index (χ3n) is 4.87. The average Bonchev–Trinajstić information content (AvgIpc) is 2.63. The molecule has 0 aromatic heterocycles. The second-order valence-electron chi connectivity index (χ2n) is 6.65. The maximum Gasteiger partial charge on any atom is 0.224 e. The van der Waals surface area contributed by atoms with E-state index in [1.165, 1.54) is 11.1 Å². The van der Waals surface area contributed by atoms with Crippen LogP contribution in [0.2, 0.25) is 5.02 Å². The van der Waals surface area contributed by atoms with Crippen LogP contribution < -0.4 is 5.32 Å². The molecular weight excluding hydrogens is 332 g/mol. The van der Waals surface area contributed by atoms with E-state index in [1.807, 2.05) is 31.2 Å². The first kappa shape index (κ1) is 18.0. The van der Waals surface area contributed by atoms with Gasteiger partial charge in [0.05, 0.1) is 5.92 Å². The Morgan fingerprint density at radius 1 is 1.16 bits per heavy atom. The number of carbonyl (C=O) groups is 1. The van der Waals surface area contributed by atoms with Crippen LogP contribution in [0.3, 0.4) is 0 Å². The number of halogens is 1. The van der Waals surface area contributed by atoms with Crippen LogP contribution in [0.1, 0.15) is 36.9 Å². The molecule has 2 aromatic carbocycles. The van der Waals surface area contributed by atoms with Gasteiger partial charge in [0.15, 0.2) is 0 Å². The number of hydrogen-bond donors (Lipinski definition) is 1. The van der Waals surface area contributed by atoms with Crippen LogP contribution in [0.15, 0.2) is 54.6 Å². The van der Waals surface area contributed by atoms with Crippen molar-refractivity contribution in [2.45, 2.75) is 32.4 Å². The summed E-state index contributed by atoms with van der Waals surface area (Å²) in [6, 6.07) is 18.9. The van der Waals surface area contributed by atoms with Crippen molar-refractivity contribution < 1.29 is 4.79 Å². The lowest BCUT2D eigenvalue weighted by molar-refractivity contribution is -0.127. The molecule has 1 saturated heterocycles. The molecule has 1 N–H and O–H groups in total. The number of carbonyl (C=O) groups excluding carboxylic acids is 1. The Morgan fingerprint density at radius 3 is 2.68 bits per heavy atom. The molecule has 0 spiro atoms. The van der Waals surface area contributed by atoms with Gasteiger partial charge in [-0.15, -0.1) is 0 Å². The summed E-state index contributed by atoms with van der Waals surface area (Å²) in [5.74, 6) is 0.226. The lowest BCUT2D eigenvalue weighted by atomic mass is 9.88. The molecule has 1 aliphatic heterocycles. The summed E-state index contributed by atoms with van der Waals surface area (Å²) >= 11 is 6.15. The summed E-state index contributed by atoms with van der Waals surface area (Å²) < 4.78 is 0. The molecule has 1 heterocycles. The zero-order valence-electron chi connectivity index (χ0n) is 14.6. The van der Waals surface area contributed by atoms with E-state index in [0.29, 0.717) is 12.6 Å². The summed E-state index contributed by atoms with van der Waals surface area (Å²) in [4.78, 5) is 14.8. The van der Waals surface area contributed by atoms with Crippen molar-refractivity contribution >= 4 is 17.5 Å². The topological polar surface area (TPSA) is 32.3 Å². The molecule has 2 atom stereocenters. The largest absolute Gasteiger partial charge is 0.356 e. The molecule has 0 radical (unpaired) electrons. The summed E-state index contributed by atoms with van der Waals surface area (Å²) in [7, 11) is 0.